The van der Waals surface area contributed by atoms with Crippen LogP contribution in [-0.4, -0.2) is 41.0 Å². The summed E-state index contributed by atoms with van der Waals surface area (Å²) in [5.41, 5.74) is 1.52. The number of hydrogen-bond donors (Lipinski definition) is 0. The molecular weight excluding hydrogens is 276 g/mol. The minimum absolute atomic E-state index is 0.208. The fraction of sp³-hybridized carbons (Fsp3) is 0.500. The number of rotatable bonds is 1. The van der Waals surface area contributed by atoms with Gasteiger partial charge in [0.2, 0.25) is 0 Å². The Morgan fingerprint density at radius 3 is 2.52 bits per heavy atom. The van der Waals surface area contributed by atoms with E-state index in [0.717, 1.165) is 37.2 Å². The van der Waals surface area contributed by atoms with Crippen molar-refractivity contribution < 1.29 is 23.6 Å². The molecule has 4 fully saturated rings. The van der Waals surface area contributed by atoms with Gasteiger partial charge in [0.15, 0.2) is 5.76 Å². The van der Waals surface area contributed by atoms with E-state index in [0.29, 0.717) is 5.76 Å². The third-order valence-corrected chi connectivity index (χ3v) is 4.29. The lowest BCUT2D eigenvalue weighted by Crippen LogP contribution is -2.61. The monoisotopic (exact) mass is 290 g/mol. The van der Waals surface area contributed by atoms with Crippen molar-refractivity contribution in [3.63, 3.8) is 0 Å². The molecule has 110 valence electrons. The van der Waals surface area contributed by atoms with E-state index in [2.05, 4.69) is 5.16 Å². The molecule has 5 rings (SSSR count). The lowest BCUT2D eigenvalue weighted by molar-refractivity contribution is -0.251. The lowest BCUT2D eigenvalue weighted by atomic mass is 9.80. The zero-order chi connectivity index (χ0) is 14.6. The van der Waals surface area contributed by atoms with E-state index in [-0.39, 0.29) is 5.92 Å². The highest BCUT2D eigenvalue weighted by Crippen LogP contribution is 2.48. The summed E-state index contributed by atoms with van der Waals surface area (Å²) in [5, 5.41) is 3.84. The lowest BCUT2D eigenvalue weighted by Gasteiger charge is -2.50. The summed E-state index contributed by atoms with van der Waals surface area (Å²) in [6.07, 6.45) is 3.66. The fourth-order valence-corrected chi connectivity index (χ4v) is 3.34. The highest BCUT2D eigenvalue weighted by Gasteiger charge is 2.61. The van der Waals surface area contributed by atoms with Gasteiger partial charge in [0.05, 0.1) is 5.69 Å². The molecule has 0 unspecified atom stereocenters. The number of nitrogens with zero attached hydrogens (tertiary/aromatic N) is 2. The SMILES string of the molecule is Cc1cc(/C=C2\C3CCN(CC3)C23OC(=O)C(=O)O3)on1. The number of esters is 2. The molecule has 0 atom stereocenters. The van der Waals surface area contributed by atoms with E-state index in [1.807, 2.05) is 11.8 Å². The van der Waals surface area contributed by atoms with Crippen molar-refractivity contribution in [3.05, 3.63) is 23.1 Å². The van der Waals surface area contributed by atoms with Crippen molar-refractivity contribution >= 4 is 18.0 Å². The second-order valence-electron chi connectivity index (χ2n) is 5.59. The predicted octanol–water partition coefficient (Wildman–Crippen LogP) is 0.846. The van der Waals surface area contributed by atoms with Gasteiger partial charge in [0, 0.05) is 24.7 Å². The highest BCUT2D eigenvalue weighted by molar-refractivity contribution is 6.31. The number of fused-ring (bicyclic) bond motifs is 2. The van der Waals surface area contributed by atoms with Crippen LogP contribution >= 0.6 is 0 Å². The highest BCUT2D eigenvalue weighted by atomic mass is 16.8. The number of ether oxygens (including phenoxy) is 2. The first-order chi connectivity index (χ1) is 10.1. The van der Waals surface area contributed by atoms with E-state index < -0.39 is 17.8 Å². The molecule has 1 aromatic heterocycles. The Bertz CT molecular complexity index is 638. The van der Waals surface area contributed by atoms with Crippen LogP contribution < -0.4 is 0 Å². The molecular formula is C14H14N2O5. The van der Waals surface area contributed by atoms with Crippen molar-refractivity contribution in [2.24, 2.45) is 5.92 Å². The first kappa shape index (κ1) is 12.6. The molecule has 0 N–H and O–H groups in total. The summed E-state index contributed by atoms with van der Waals surface area (Å²) in [5.74, 6) is -2.49. The molecule has 7 nitrogen and oxygen atoms in total. The van der Waals surface area contributed by atoms with Crippen molar-refractivity contribution in [1.29, 1.82) is 0 Å². The standard InChI is InChI=1S/C14H14N2O5/c1-8-6-10(21-15-8)7-11-9-2-4-16(5-3-9)14(11)19-12(17)13(18)20-14/h6-7,9H,2-5H2,1H3/b11-7+. The molecule has 1 aromatic rings. The number of aromatic nitrogens is 1. The average molecular weight is 290 g/mol. The number of carbonyl (C=O) groups excluding carboxylic acids is 2. The van der Waals surface area contributed by atoms with Crippen LogP contribution in [0.4, 0.5) is 0 Å². The predicted molar refractivity (Wildman–Crippen MR) is 68.4 cm³/mol. The summed E-state index contributed by atoms with van der Waals surface area (Å²) in [6, 6.07) is 1.79. The van der Waals surface area contributed by atoms with Gasteiger partial charge in [-0.2, -0.15) is 0 Å². The molecule has 0 radical (unpaired) electrons. The Hall–Kier alpha value is -2.15. The summed E-state index contributed by atoms with van der Waals surface area (Å²) in [6.45, 7) is 3.30. The molecule has 4 aliphatic rings. The Morgan fingerprint density at radius 1 is 1.29 bits per heavy atom. The van der Waals surface area contributed by atoms with Crippen LogP contribution in [-0.2, 0) is 19.1 Å². The van der Waals surface area contributed by atoms with Crippen molar-refractivity contribution in [1.82, 2.24) is 10.1 Å². The smallest absolute Gasteiger partial charge is 0.396 e. The van der Waals surface area contributed by atoms with E-state index in [9.17, 15) is 9.59 Å². The molecule has 2 bridgehead atoms. The molecule has 0 saturated carbocycles. The van der Waals surface area contributed by atoms with Gasteiger partial charge in [-0.15, -0.1) is 0 Å². The maximum atomic E-state index is 11.5. The summed E-state index contributed by atoms with van der Waals surface area (Å²) in [4.78, 5) is 25.0. The second-order valence-corrected chi connectivity index (χ2v) is 5.59. The average Bonchev–Trinajstić information content (AvgIpc) is 3.00. The quantitative estimate of drug-likeness (QED) is 0.560. The van der Waals surface area contributed by atoms with Crippen LogP contribution in [0.5, 0.6) is 0 Å². The van der Waals surface area contributed by atoms with E-state index in [1.54, 1.807) is 12.1 Å². The van der Waals surface area contributed by atoms with Gasteiger partial charge in [0.25, 0.3) is 0 Å². The molecule has 0 aromatic carbocycles. The van der Waals surface area contributed by atoms with Gasteiger partial charge in [0.1, 0.15) is 0 Å². The summed E-state index contributed by atoms with van der Waals surface area (Å²) < 4.78 is 15.8. The molecule has 0 aliphatic carbocycles. The molecule has 5 heterocycles. The van der Waals surface area contributed by atoms with Gasteiger partial charge >= 0.3 is 17.8 Å². The number of piperidine rings is 3. The van der Waals surface area contributed by atoms with Gasteiger partial charge in [-0.1, -0.05) is 5.16 Å². The minimum Gasteiger partial charge on any atom is -0.396 e. The third kappa shape index (κ3) is 1.73. The van der Waals surface area contributed by atoms with Crippen LogP contribution in [0, 0.1) is 12.8 Å². The minimum atomic E-state index is -1.38. The Labute approximate surface area is 120 Å². The zero-order valence-corrected chi connectivity index (χ0v) is 11.5. The van der Waals surface area contributed by atoms with Crippen LogP contribution in [0.1, 0.15) is 24.3 Å². The summed E-state index contributed by atoms with van der Waals surface area (Å²) >= 11 is 0. The molecule has 0 amide bonds. The molecule has 7 heteroatoms. The maximum Gasteiger partial charge on any atom is 0.422 e. The van der Waals surface area contributed by atoms with Crippen LogP contribution in [0.3, 0.4) is 0 Å². The molecule has 21 heavy (non-hydrogen) atoms. The number of aryl methyl sites for hydroxylation is 1. The Morgan fingerprint density at radius 2 is 1.95 bits per heavy atom. The van der Waals surface area contributed by atoms with E-state index in [4.69, 9.17) is 14.0 Å². The van der Waals surface area contributed by atoms with Gasteiger partial charge in [-0.3, -0.25) is 0 Å². The largest absolute Gasteiger partial charge is 0.422 e. The maximum absolute atomic E-state index is 11.5. The van der Waals surface area contributed by atoms with Crippen LogP contribution in [0.15, 0.2) is 16.2 Å². The van der Waals surface area contributed by atoms with Crippen molar-refractivity contribution in [2.75, 3.05) is 13.1 Å². The summed E-state index contributed by atoms with van der Waals surface area (Å²) in [7, 11) is 0. The molecule has 1 spiro atoms. The molecule has 4 saturated heterocycles. The second kappa shape index (κ2) is 4.17. The Balaban J connectivity index is 1.80. The van der Waals surface area contributed by atoms with Crippen LogP contribution in [0.25, 0.3) is 6.08 Å². The fourth-order valence-electron chi connectivity index (χ4n) is 3.34. The van der Waals surface area contributed by atoms with Crippen LogP contribution in [0.2, 0.25) is 0 Å². The topological polar surface area (TPSA) is 81.9 Å². The van der Waals surface area contributed by atoms with Gasteiger partial charge in [-0.05, 0) is 31.8 Å². The number of hydrogen-bond acceptors (Lipinski definition) is 7. The van der Waals surface area contributed by atoms with E-state index in [1.165, 1.54) is 0 Å². The van der Waals surface area contributed by atoms with Crippen molar-refractivity contribution in [3.8, 4) is 0 Å². The molecule has 4 aliphatic heterocycles. The zero-order valence-electron chi connectivity index (χ0n) is 11.5. The first-order valence-electron chi connectivity index (χ1n) is 6.95. The normalized spacial score (nSPS) is 31.8. The number of carbonyl (C=O) groups is 2. The van der Waals surface area contributed by atoms with Crippen molar-refractivity contribution in [2.45, 2.75) is 25.7 Å². The van der Waals surface area contributed by atoms with E-state index >= 15 is 0 Å². The first-order valence-corrected chi connectivity index (χ1v) is 6.95. The third-order valence-electron chi connectivity index (χ3n) is 4.29. The Kier molecular flexibility index (Phi) is 2.50. The van der Waals surface area contributed by atoms with Gasteiger partial charge < -0.3 is 14.0 Å². The van der Waals surface area contributed by atoms with Gasteiger partial charge in [-0.25, -0.2) is 14.5 Å².